The van der Waals surface area contributed by atoms with Crippen LogP contribution in [-0.2, 0) is 11.2 Å². The molecule has 1 aliphatic heterocycles. The van der Waals surface area contributed by atoms with Crippen molar-refractivity contribution in [3.63, 3.8) is 0 Å². The molecule has 0 bridgehead atoms. The van der Waals surface area contributed by atoms with E-state index in [9.17, 15) is 39.3 Å². The molecule has 1 fully saturated rings. The van der Waals surface area contributed by atoms with E-state index in [1.165, 1.54) is 48.5 Å². The van der Waals surface area contributed by atoms with Gasteiger partial charge < -0.3 is 35.6 Å². The summed E-state index contributed by atoms with van der Waals surface area (Å²) in [7, 11) is 1.15. The van der Waals surface area contributed by atoms with Gasteiger partial charge in [-0.15, -0.1) is 0 Å². The zero-order valence-electron chi connectivity index (χ0n) is 29.6. The lowest BCUT2D eigenvalue weighted by Gasteiger charge is -2.29. The van der Waals surface area contributed by atoms with E-state index in [-0.39, 0.29) is 52.8 Å². The van der Waals surface area contributed by atoms with Gasteiger partial charge in [-0.05, 0) is 97.8 Å². The van der Waals surface area contributed by atoms with Crippen molar-refractivity contribution in [1.29, 1.82) is 0 Å². The number of phenolic OH excluding ortho intramolecular Hbond substituents is 3. The second-order valence-electron chi connectivity index (χ2n) is 13.1. The van der Waals surface area contributed by atoms with Gasteiger partial charge in [0.25, 0.3) is 5.91 Å². The zero-order valence-corrected chi connectivity index (χ0v) is 29.6. The Balaban J connectivity index is 1.44. The molecule has 4 aromatic carbocycles. The fraction of sp³-hybridized carbons (Fsp3) is 0.293. The van der Waals surface area contributed by atoms with Crippen molar-refractivity contribution in [2.45, 2.75) is 51.5 Å². The van der Waals surface area contributed by atoms with Crippen molar-refractivity contribution < 1.29 is 44.0 Å². The summed E-state index contributed by atoms with van der Waals surface area (Å²) in [5, 5.41) is 37.6. The van der Waals surface area contributed by atoms with E-state index in [1.54, 1.807) is 35.2 Å². The summed E-state index contributed by atoms with van der Waals surface area (Å²) < 4.78 is 4.81. The molecular formula is C41H43N3O9. The van der Waals surface area contributed by atoms with Gasteiger partial charge in [0, 0.05) is 36.3 Å². The second kappa shape index (κ2) is 17.4. The molecule has 12 nitrogen and oxygen atoms in total. The molecule has 12 heteroatoms. The minimum absolute atomic E-state index is 0.00185. The number of anilines is 1. The van der Waals surface area contributed by atoms with Gasteiger partial charge in [0.1, 0.15) is 17.2 Å². The molecule has 1 heterocycles. The number of nitrogens with one attached hydrogen (secondary N) is 2. The molecular weight excluding hydrogens is 678 g/mol. The lowest BCUT2D eigenvalue weighted by Crippen LogP contribution is -2.49. The Morgan fingerprint density at radius 3 is 2.28 bits per heavy atom. The maximum absolute atomic E-state index is 14.1. The van der Waals surface area contributed by atoms with Crippen molar-refractivity contribution in [2.24, 2.45) is 5.92 Å². The van der Waals surface area contributed by atoms with Gasteiger partial charge in [0.15, 0.2) is 5.78 Å². The average Bonchev–Trinajstić information content (AvgIpc) is 3.35. The summed E-state index contributed by atoms with van der Waals surface area (Å²) in [4.78, 5) is 68.9. The number of carbonyl (C=O) groups excluding carboxylic acids is 5. The number of likely N-dealkylation sites (tertiary alicyclic amines) is 1. The number of hydrogen-bond acceptors (Lipinski definition) is 9. The van der Waals surface area contributed by atoms with Crippen molar-refractivity contribution in [3.05, 3.63) is 118 Å². The van der Waals surface area contributed by atoms with Gasteiger partial charge in [-0.2, -0.15) is 0 Å². The number of hydrogen-bond donors (Lipinski definition) is 5. The quantitative estimate of drug-likeness (QED) is 0.0808. The molecule has 0 radical (unpaired) electrons. The fourth-order valence-electron chi connectivity index (χ4n) is 6.62. The van der Waals surface area contributed by atoms with Crippen LogP contribution >= 0.6 is 0 Å². The lowest BCUT2D eigenvalue weighted by atomic mass is 9.86. The monoisotopic (exact) mass is 721 g/mol. The molecule has 0 aliphatic carbocycles. The number of ketones is 2. The number of aromatic hydroxyl groups is 3. The molecule has 276 valence electrons. The van der Waals surface area contributed by atoms with E-state index in [1.807, 2.05) is 13.0 Å². The van der Waals surface area contributed by atoms with Crippen LogP contribution in [0.4, 0.5) is 10.5 Å². The van der Waals surface area contributed by atoms with Crippen LogP contribution in [-0.4, -0.2) is 75.9 Å². The van der Waals surface area contributed by atoms with E-state index in [4.69, 9.17) is 4.74 Å². The number of ether oxygens (including phenoxy) is 1. The molecule has 1 saturated heterocycles. The Labute approximate surface area is 307 Å². The number of urea groups is 1. The minimum atomic E-state index is -0.836. The Bertz CT molecular complexity index is 1980. The molecule has 1 aliphatic rings. The summed E-state index contributed by atoms with van der Waals surface area (Å²) in [5.41, 5.74) is 0.820. The van der Waals surface area contributed by atoms with E-state index in [0.29, 0.717) is 49.0 Å². The number of rotatable bonds is 12. The van der Waals surface area contributed by atoms with Crippen LogP contribution in [0.3, 0.4) is 0 Å². The summed E-state index contributed by atoms with van der Waals surface area (Å²) in [6.07, 6.45) is 2.70. The molecule has 4 aromatic rings. The van der Waals surface area contributed by atoms with Gasteiger partial charge in [-0.3, -0.25) is 14.4 Å². The molecule has 0 saturated carbocycles. The Morgan fingerprint density at radius 1 is 0.849 bits per heavy atom. The highest BCUT2D eigenvalue weighted by molar-refractivity contribution is 6.18. The topological polar surface area (TPSA) is 183 Å². The van der Waals surface area contributed by atoms with Crippen LogP contribution in [0.2, 0.25) is 0 Å². The smallest absolute Gasteiger partial charge is 0.338 e. The van der Waals surface area contributed by atoms with Crippen LogP contribution in [0.15, 0.2) is 84.9 Å². The number of carbonyl (C=O) groups is 5. The first-order chi connectivity index (χ1) is 25.5. The largest absolute Gasteiger partial charge is 0.508 e. The number of nitrogens with zero attached hydrogens (tertiary/aromatic N) is 1. The highest BCUT2D eigenvalue weighted by atomic mass is 16.5. The van der Waals surface area contributed by atoms with Crippen molar-refractivity contribution in [3.8, 4) is 17.2 Å². The first kappa shape index (κ1) is 38.1. The predicted octanol–water partition coefficient (Wildman–Crippen LogP) is 6.48. The van der Waals surface area contributed by atoms with Gasteiger partial charge >= 0.3 is 12.0 Å². The maximum atomic E-state index is 14.1. The zero-order chi connectivity index (χ0) is 38.1. The highest BCUT2D eigenvalue weighted by Gasteiger charge is 2.33. The third-order valence-corrected chi connectivity index (χ3v) is 9.42. The molecule has 3 amide bonds. The Morgan fingerprint density at radius 2 is 1.58 bits per heavy atom. The summed E-state index contributed by atoms with van der Waals surface area (Å²) in [6, 6.07) is 20.5. The Kier molecular flexibility index (Phi) is 12.5. The van der Waals surface area contributed by atoms with Crippen molar-refractivity contribution in [1.82, 2.24) is 10.2 Å². The van der Waals surface area contributed by atoms with Crippen LogP contribution in [0, 0.1) is 5.92 Å². The Hall–Kier alpha value is -6.17. The number of aryl methyl sites for hydroxylation is 1. The number of esters is 1. The molecule has 53 heavy (non-hydrogen) atoms. The number of amides is 3. The maximum Gasteiger partial charge on any atom is 0.338 e. The number of phenols is 3. The third-order valence-electron chi connectivity index (χ3n) is 9.42. The molecule has 0 spiro atoms. The lowest BCUT2D eigenvalue weighted by molar-refractivity contribution is 0.0596. The van der Waals surface area contributed by atoms with Crippen LogP contribution in [0.5, 0.6) is 17.2 Å². The predicted molar refractivity (Wildman–Crippen MR) is 198 cm³/mol. The average molecular weight is 722 g/mol. The highest BCUT2D eigenvalue weighted by Crippen LogP contribution is 2.34. The van der Waals surface area contributed by atoms with E-state index >= 15 is 0 Å². The number of methoxy groups -OCH3 is 1. The molecule has 1 unspecified atom stereocenters. The molecule has 5 rings (SSSR count). The van der Waals surface area contributed by atoms with Gasteiger partial charge in [0.2, 0.25) is 5.78 Å². The SMILES string of the molecule is CCCCc1cc(C(=O)CC2CCCN(C(=O)Nc3ccccc3)C[C@H]2NC(=O)c2ccc(O)cc2)cc(O)c1C(=O)c1c(O)cccc1C(=O)OC. The van der Waals surface area contributed by atoms with Crippen molar-refractivity contribution >= 4 is 35.2 Å². The molecule has 0 aromatic heterocycles. The first-order valence-electron chi connectivity index (χ1n) is 17.6. The minimum Gasteiger partial charge on any atom is -0.508 e. The third kappa shape index (κ3) is 9.20. The van der Waals surface area contributed by atoms with Gasteiger partial charge in [0.05, 0.1) is 29.8 Å². The van der Waals surface area contributed by atoms with Crippen LogP contribution < -0.4 is 10.6 Å². The number of para-hydroxylation sites is 1. The number of benzene rings is 4. The fourth-order valence-corrected chi connectivity index (χ4v) is 6.62. The normalized spacial score (nSPS) is 15.5. The van der Waals surface area contributed by atoms with Crippen LogP contribution in [0.1, 0.15) is 91.6 Å². The molecule has 2 atom stereocenters. The standard InChI is InChI=1S/C41H43N3O9/c1-3-4-10-27-21-28(23-35(48)36(27)38(49)37-31(40(51)53-2)14-8-15-33(37)46)34(47)22-26-11-9-20-44(41(52)42-29-12-6-5-7-13-29)24-32(26)43-39(50)25-16-18-30(45)19-17-25/h5-8,12-19,21,23,26,32,45-46,48H,3-4,9-11,20,22,24H2,1-2H3,(H,42,52)(H,43,50)/t26?,32-/m1/s1. The van der Waals surface area contributed by atoms with Crippen molar-refractivity contribution in [2.75, 3.05) is 25.5 Å². The van der Waals surface area contributed by atoms with Crippen LogP contribution in [0.25, 0.3) is 0 Å². The number of unbranched alkanes of at least 4 members (excludes halogenated alkanes) is 1. The number of Topliss-reactive ketones (excluding diaryl/α,β-unsaturated/α-hetero) is 1. The van der Waals surface area contributed by atoms with Gasteiger partial charge in [-0.25, -0.2) is 9.59 Å². The van der Waals surface area contributed by atoms with Gasteiger partial charge in [-0.1, -0.05) is 37.6 Å². The first-order valence-corrected chi connectivity index (χ1v) is 17.6. The summed E-state index contributed by atoms with van der Waals surface area (Å²) in [5.74, 6) is -3.75. The molecule has 5 N–H and O–H groups in total. The summed E-state index contributed by atoms with van der Waals surface area (Å²) in [6.45, 7) is 2.45. The van der Waals surface area contributed by atoms with E-state index < -0.39 is 41.1 Å². The van der Waals surface area contributed by atoms with E-state index in [0.717, 1.165) is 13.5 Å². The summed E-state index contributed by atoms with van der Waals surface area (Å²) >= 11 is 0. The second-order valence-corrected chi connectivity index (χ2v) is 13.1. The van der Waals surface area contributed by atoms with E-state index in [2.05, 4.69) is 10.6 Å².